The molecule has 0 aromatic rings. The van der Waals surface area contributed by atoms with E-state index >= 15 is 0 Å². The van der Waals surface area contributed by atoms with Crippen LogP contribution >= 0.6 is 0 Å². The minimum atomic E-state index is -1.06. The van der Waals surface area contributed by atoms with E-state index in [4.69, 9.17) is 17.6 Å². The summed E-state index contributed by atoms with van der Waals surface area (Å²) in [5.74, 6) is 3.20. The molecule has 0 aliphatic rings. The molecule has 0 aliphatic carbocycles. The lowest BCUT2D eigenvalue weighted by Crippen LogP contribution is -2.52. The summed E-state index contributed by atoms with van der Waals surface area (Å²) < 4.78 is 9.61. The van der Waals surface area contributed by atoms with Gasteiger partial charge in [-0.05, 0) is 20.8 Å². The molecule has 2 amide bonds. The SMILES string of the molecule is C#CC[C@H](NC(=O)OC(C)(C)C)C(=O)N[C@@H](CC#C)C(=O)OC. The van der Waals surface area contributed by atoms with Crippen LogP contribution in [0.2, 0.25) is 0 Å². The van der Waals surface area contributed by atoms with Crippen molar-refractivity contribution in [2.75, 3.05) is 7.11 Å². The summed E-state index contributed by atoms with van der Waals surface area (Å²) in [6.07, 6.45) is 9.44. The molecule has 2 atom stereocenters. The van der Waals surface area contributed by atoms with Gasteiger partial charge in [-0.25, -0.2) is 9.59 Å². The largest absolute Gasteiger partial charge is 0.467 e. The van der Waals surface area contributed by atoms with E-state index in [1.54, 1.807) is 20.8 Å². The smallest absolute Gasteiger partial charge is 0.408 e. The van der Waals surface area contributed by atoms with Crippen molar-refractivity contribution in [3.63, 3.8) is 0 Å². The number of nitrogens with one attached hydrogen (secondary N) is 2. The second-order valence-electron chi connectivity index (χ2n) is 5.60. The number of hydrogen-bond donors (Lipinski definition) is 2. The molecule has 0 heterocycles. The highest BCUT2D eigenvalue weighted by Crippen LogP contribution is 2.07. The lowest BCUT2D eigenvalue weighted by molar-refractivity contribution is -0.145. The van der Waals surface area contributed by atoms with Crippen molar-refractivity contribution in [3.05, 3.63) is 0 Å². The van der Waals surface area contributed by atoms with Gasteiger partial charge >= 0.3 is 12.1 Å². The number of esters is 1. The predicted octanol–water partition coefficient (Wildman–Crippen LogP) is 0.584. The van der Waals surface area contributed by atoms with Crippen molar-refractivity contribution >= 4 is 18.0 Å². The maximum atomic E-state index is 12.2. The zero-order valence-corrected chi connectivity index (χ0v) is 13.8. The van der Waals surface area contributed by atoms with E-state index in [0.29, 0.717) is 0 Å². The van der Waals surface area contributed by atoms with Crippen LogP contribution in [0.4, 0.5) is 4.79 Å². The summed E-state index contributed by atoms with van der Waals surface area (Å²) in [5, 5.41) is 4.76. The van der Waals surface area contributed by atoms with Crippen LogP contribution < -0.4 is 10.6 Å². The predicted molar refractivity (Wildman–Crippen MR) is 84.0 cm³/mol. The summed E-state index contributed by atoms with van der Waals surface area (Å²) in [6, 6.07) is -2.07. The standard InChI is InChI=1S/C16H22N2O5/c1-7-9-11(18-15(21)23-16(3,4)5)13(19)17-12(10-8-2)14(20)22-6/h1-2,11-12H,9-10H2,3-6H3,(H,17,19)(H,18,21)/t11-,12-/m0/s1. The normalized spacial score (nSPS) is 12.8. The Kier molecular flexibility index (Phi) is 8.28. The van der Waals surface area contributed by atoms with E-state index in [-0.39, 0.29) is 12.8 Å². The average Bonchev–Trinajstić information content (AvgIpc) is 2.43. The van der Waals surface area contributed by atoms with Gasteiger partial charge in [0.05, 0.1) is 7.11 Å². The van der Waals surface area contributed by atoms with E-state index in [1.807, 2.05) is 0 Å². The molecule has 0 saturated carbocycles. The Bertz CT molecular complexity index is 522. The van der Waals surface area contributed by atoms with Crippen LogP contribution in [-0.2, 0) is 19.1 Å². The first kappa shape index (κ1) is 20.3. The number of methoxy groups -OCH3 is 1. The summed E-state index contributed by atoms with van der Waals surface area (Å²) in [7, 11) is 1.18. The minimum absolute atomic E-state index is 0.0480. The summed E-state index contributed by atoms with van der Waals surface area (Å²) in [6.45, 7) is 5.05. The van der Waals surface area contributed by atoms with E-state index in [0.717, 1.165) is 0 Å². The van der Waals surface area contributed by atoms with Crippen molar-refractivity contribution in [3.8, 4) is 24.7 Å². The average molecular weight is 322 g/mol. The van der Waals surface area contributed by atoms with Crippen LogP contribution in [-0.4, -0.2) is 42.8 Å². The van der Waals surface area contributed by atoms with Gasteiger partial charge in [0.15, 0.2) is 0 Å². The van der Waals surface area contributed by atoms with Gasteiger partial charge in [0, 0.05) is 12.8 Å². The zero-order valence-electron chi connectivity index (χ0n) is 13.8. The quantitative estimate of drug-likeness (QED) is 0.551. The highest BCUT2D eigenvalue weighted by molar-refractivity contribution is 5.90. The Balaban J connectivity index is 4.91. The Labute approximate surface area is 136 Å². The van der Waals surface area contributed by atoms with Crippen LogP contribution in [0.3, 0.4) is 0 Å². The number of hydrogen-bond acceptors (Lipinski definition) is 5. The Morgan fingerprint density at radius 1 is 1.04 bits per heavy atom. The minimum Gasteiger partial charge on any atom is -0.467 e. The summed E-state index contributed by atoms with van der Waals surface area (Å²) >= 11 is 0. The van der Waals surface area contributed by atoms with Crippen molar-refractivity contribution in [1.29, 1.82) is 0 Å². The van der Waals surface area contributed by atoms with Crippen LogP contribution in [0.25, 0.3) is 0 Å². The maximum absolute atomic E-state index is 12.2. The second kappa shape index (κ2) is 9.37. The number of alkyl carbamates (subject to hydrolysis) is 1. The Morgan fingerprint density at radius 3 is 2.00 bits per heavy atom. The van der Waals surface area contributed by atoms with Gasteiger partial charge in [0.25, 0.3) is 0 Å². The third-order valence-electron chi connectivity index (χ3n) is 2.45. The van der Waals surface area contributed by atoms with Crippen molar-refractivity contribution < 1.29 is 23.9 Å². The van der Waals surface area contributed by atoms with Crippen molar-refractivity contribution in [2.45, 2.75) is 51.3 Å². The summed E-state index contributed by atoms with van der Waals surface area (Å²) in [4.78, 5) is 35.5. The van der Waals surface area contributed by atoms with E-state index < -0.39 is 35.7 Å². The molecular weight excluding hydrogens is 300 g/mol. The topological polar surface area (TPSA) is 93.7 Å². The van der Waals surface area contributed by atoms with Gasteiger partial charge in [-0.3, -0.25) is 4.79 Å². The molecule has 0 aromatic heterocycles. The van der Waals surface area contributed by atoms with Gasteiger partial charge in [-0.1, -0.05) is 0 Å². The highest BCUT2D eigenvalue weighted by Gasteiger charge is 2.27. The number of rotatable bonds is 6. The number of amides is 2. The van der Waals surface area contributed by atoms with Crippen molar-refractivity contribution in [1.82, 2.24) is 10.6 Å². The van der Waals surface area contributed by atoms with Crippen LogP contribution in [0.1, 0.15) is 33.6 Å². The van der Waals surface area contributed by atoms with Crippen LogP contribution in [0.5, 0.6) is 0 Å². The number of terminal acetylenes is 2. The molecule has 0 fully saturated rings. The van der Waals surface area contributed by atoms with Crippen LogP contribution in [0, 0.1) is 24.7 Å². The zero-order chi connectivity index (χ0) is 18.0. The fourth-order valence-corrected chi connectivity index (χ4v) is 1.50. The first-order valence-electron chi connectivity index (χ1n) is 6.89. The Morgan fingerprint density at radius 2 is 1.57 bits per heavy atom. The lowest BCUT2D eigenvalue weighted by Gasteiger charge is -2.23. The molecule has 0 radical (unpaired) electrons. The van der Waals surface area contributed by atoms with E-state index in [9.17, 15) is 14.4 Å². The molecule has 7 heteroatoms. The Hall–Kier alpha value is -2.67. The molecule has 0 unspecified atom stereocenters. The molecule has 23 heavy (non-hydrogen) atoms. The van der Waals surface area contributed by atoms with Gasteiger partial charge < -0.3 is 20.1 Å². The first-order valence-corrected chi connectivity index (χ1v) is 6.89. The van der Waals surface area contributed by atoms with Gasteiger partial charge in [0.1, 0.15) is 17.7 Å². The number of ether oxygens (including phenoxy) is 2. The highest BCUT2D eigenvalue weighted by atomic mass is 16.6. The van der Waals surface area contributed by atoms with Gasteiger partial charge in [-0.15, -0.1) is 24.7 Å². The maximum Gasteiger partial charge on any atom is 0.408 e. The van der Waals surface area contributed by atoms with Crippen molar-refractivity contribution in [2.24, 2.45) is 0 Å². The lowest BCUT2D eigenvalue weighted by atomic mass is 10.1. The summed E-state index contributed by atoms with van der Waals surface area (Å²) in [5.41, 5.74) is -0.723. The van der Waals surface area contributed by atoms with E-state index in [2.05, 4.69) is 27.2 Å². The number of carbonyl (C=O) groups excluding carboxylic acids is 3. The molecular formula is C16H22N2O5. The second-order valence-corrected chi connectivity index (χ2v) is 5.60. The third kappa shape index (κ3) is 8.37. The molecule has 2 N–H and O–H groups in total. The van der Waals surface area contributed by atoms with Gasteiger partial charge in [0.2, 0.25) is 5.91 Å². The van der Waals surface area contributed by atoms with Crippen LogP contribution in [0.15, 0.2) is 0 Å². The fourth-order valence-electron chi connectivity index (χ4n) is 1.50. The molecule has 0 spiro atoms. The molecule has 0 aromatic carbocycles. The molecule has 0 aliphatic heterocycles. The monoisotopic (exact) mass is 322 g/mol. The molecule has 0 rings (SSSR count). The number of carbonyl (C=O) groups is 3. The van der Waals surface area contributed by atoms with Gasteiger partial charge in [-0.2, -0.15) is 0 Å². The fraction of sp³-hybridized carbons (Fsp3) is 0.562. The third-order valence-corrected chi connectivity index (χ3v) is 2.45. The molecule has 0 saturated heterocycles. The molecule has 7 nitrogen and oxygen atoms in total. The molecule has 126 valence electrons. The molecule has 0 bridgehead atoms. The first-order chi connectivity index (χ1) is 10.6. The van der Waals surface area contributed by atoms with E-state index in [1.165, 1.54) is 7.11 Å².